The van der Waals surface area contributed by atoms with Crippen LogP contribution in [0.2, 0.25) is 0 Å². The Morgan fingerprint density at radius 2 is 2.00 bits per heavy atom. The van der Waals surface area contributed by atoms with Gasteiger partial charge in [-0.2, -0.15) is 0 Å². The molecule has 2 aromatic rings. The minimum Gasteiger partial charge on any atom is -0.462 e. The number of anilines is 1. The number of carbonyl (C=O) groups excluding carboxylic acids is 1. The quantitative estimate of drug-likeness (QED) is 0.589. The van der Waals surface area contributed by atoms with E-state index in [-0.39, 0.29) is 5.60 Å². The van der Waals surface area contributed by atoms with Crippen molar-refractivity contribution in [3.63, 3.8) is 0 Å². The first-order valence-electron chi connectivity index (χ1n) is 5.36. The van der Waals surface area contributed by atoms with Gasteiger partial charge in [-0.1, -0.05) is 0 Å². The first kappa shape index (κ1) is 13.1. The van der Waals surface area contributed by atoms with Gasteiger partial charge in [0.15, 0.2) is 0 Å². The first-order chi connectivity index (χ1) is 7.92. The van der Waals surface area contributed by atoms with Crippen LogP contribution in [0.1, 0.15) is 20.8 Å². The van der Waals surface area contributed by atoms with Gasteiger partial charge in [0.05, 0.1) is 0 Å². The molecule has 0 spiro atoms. The maximum Gasteiger partial charge on any atom is 0.293 e. The summed E-state index contributed by atoms with van der Waals surface area (Å²) in [5.41, 5.74) is 7.20. The van der Waals surface area contributed by atoms with E-state index >= 15 is 0 Å². The van der Waals surface area contributed by atoms with Gasteiger partial charge in [-0.3, -0.25) is 4.79 Å². The Morgan fingerprint density at radius 3 is 2.53 bits per heavy atom. The summed E-state index contributed by atoms with van der Waals surface area (Å²) in [4.78, 5) is 12.7. The van der Waals surface area contributed by atoms with E-state index in [4.69, 9.17) is 5.73 Å². The van der Waals surface area contributed by atoms with E-state index in [1.54, 1.807) is 0 Å². The molecule has 0 aliphatic rings. The molecule has 1 aromatic heterocycles. The van der Waals surface area contributed by atoms with E-state index < -0.39 is 0 Å². The van der Waals surface area contributed by atoms with Crippen molar-refractivity contribution in [1.29, 1.82) is 0 Å². The molecule has 0 bridgehead atoms. The van der Waals surface area contributed by atoms with Crippen molar-refractivity contribution in [2.45, 2.75) is 26.4 Å². The fourth-order valence-electron chi connectivity index (χ4n) is 1.22. The van der Waals surface area contributed by atoms with Gasteiger partial charge < -0.3 is 15.5 Å². The Labute approximate surface area is 101 Å². The number of aromatic amines is 1. The van der Waals surface area contributed by atoms with E-state index in [1.807, 2.05) is 51.2 Å². The number of nitrogen functional groups attached to an aromatic ring is 1. The van der Waals surface area contributed by atoms with Gasteiger partial charge >= 0.3 is 0 Å². The Hall–Kier alpha value is -1.97. The molecule has 4 heteroatoms. The zero-order chi connectivity index (χ0) is 12.9. The summed E-state index contributed by atoms with van der Waals surface area (Å²) in [5, 5.41) is 1.17. The number of nitrogens with one attached hydrogen (secondary N) is 1. The highest BCUT2D eigenvalue weighted by Gasteiger charge is 2.07. The third-order valence-corrected chi connectivity index (χ3v) is 1.98. The van der Waals surface area contributed by atoms with Crippen molar-refractivity contribution < 1.29 is 9.53 Å². The van der Waals surface area contributed by atoms with Crippen LogP contribution < -0.4 is 5.73 Å². The monoisotopic (exact) mass is 234 g/mol. The van der Waals surface area contributed by atoms with Gasteiger partial charge in [-0.25, -0.2) is 0 Å². The van der Waals surface area contributed by atoms with E-state index in [0.29, 0.717) is 6.47 Å². The summed E-state index contributed by atoms with van der Waals surface area (Å²) in [6.07, 6.45) is 1.91. The van der Waals surface area contributed by atoms with Gasteiger partial charge in [0.1, 0.15) is 5.60 Å². The molecule has 17 heavy (non-hydrogen) atoms. The number of aromatic nitrogens is 1. The van der Waals surface area contributed by atoms with E-state index in [9.17, 15) is 4.79 Å². The lowest BCUT2D eigenvalue weighted by Crippen LogP contribution is -2.17. The fraction of sp³-hybridized carbons (Fsp3) is 0.308. The number of hydrogen-bond donors (Lipinski definition) is 2. The van der Waals surface area contributed by atoms with Crippen molar-refractivity contribution in [2.75, 3.05) is 5.73 Å². The molecule has 4 nitrogen and oxygen atoms in total. The molecular weight excluding hydrogens is 216 g/mol. The lowest BCUT2D eigenvalue weighted by Gasteiger charge is -2.14. The van der Waals surface area contributed by atoms with Crippen molar-refractivity contribution in [3.05, 3.63) is 30.5 Å². The molecule has 0 amide bonds. The zero-order valence-corrected chi connectivity index (χ0v) is 10.4. The van der Waals surface area contributed by atoms with Crippen LogP contribution >= 0.6 is 0 Å². The van der Waals surface area contributed by atoms with Crippen molar-refractivity contribution in [3.8, 4) is 0 Å². The van der Waals surface area contributed by atoms with Crippen LogP contribution in [-0.2, 0) is 9.53 Å². The lowest BCUT2D eigenvalue weighted by molar-refractivity contribution is -0.138. The summed E-state index contributed by atoms with van der Waals surface area (Å²) in [6, 6.07) is 7.82. The summed E-state index contributed by atoms with van der Waals surface area (Å²) < 4.78 is 4.55. The minimum atomic E-state index is -0.318. The minimum absolute atomic E-state index is 0.318. The molecule has 0 saturated heterocycles. The summed E-state index contributed by atoms with van der Waals surface area (Å²) in [5.74, 6) is 0. The van der Waals surface area contributed by atoms with Crippen molar-refractivity contribution >= 4 is 23.1 Å². The topological polar surface area (TPSA) is 68.1 Å². The van der Waals surface area contributed by atoms with Gasteiger partial charge in [0.25, 0.3) is 6.47 Å². The average molecular weight is 234 g/mol. The normalized spacial score (nSPS) is 10.5. The molecule has 92 valence electrons. The second kappa shape index (κ2) is 5.39. The highest BCUT2D eigenvalue weighted by Crippen LogP contribution is 2.14. The number of carbonyl (C=O) groups is 1. The lowest BCUT2D eigenvalue weighted by atomic mass is 10.2. The maximum atomic E-state index is 9.60. The largest absolute Gasteiger partial charge is 0.462 e. The van der Waals surface area contributed by atoms with Crippen LogP contribution in [0, 0.1) is 0 Å². The third kappa shape index (κ3) is 4.59. The standard InChI is InChI=1S/C8H8N2.C5H10O2/c9-7-1-2-8-6(5-7)3-4-10-8;1-5(2,3)7-4-6/h1-5,10H,9H2;4H,1-3H3. The van der Waals surface area contributed by atoms with Crippen LogP contribution in [0.4, 0.5) is 5.69 Å². The first-order valence-corrected chi connectivity index (χ1v) is 5.36. The SMILES string of the molecule is CC(C)(C)OC=O.Nc1ccc2[nH]ccc2c1. The predicted molar refractivity (Wildman–Crippen MR) is 69.6 cm³/mol. The summed E-state index contributed by atoms with van der Waals surface area (Å²) in [6.45, 7) is 5.92. The Bertz CT molecular complexity index is 483. The molecule has 0 atom stereocenters. The number of fused-ring (bicyclic) bond motifs is 1. The summed E-state index contributed by atoms with van der Waals surface area (Å²) in [7, 11) is 0. The van der Waals surface area contributed by atoms with Gasteiger partial charge in [-0.15, -0.1) is 0 Å². The second-order valence-electron chi connectivity index (χ2n) is 4.65. The molecule has 0 aliphatic heterocycles. The Balaban J connectivity index is 0.000000185. The summed E-state index contributed by atoms with van der Waals surface area (Å²) >= 11 is 0. The second-order valence-corrected chi connectivity index (χ2v) is 4.65. The Kier molecular flexibility index (Phi) is 4.15. The van der Waals surface area contributed by atoms with E-state index in [2.05, 4.69) is 9.72 Å². The maximum absolute atomic E-state index is 9.60. The highest BCUT2D eigenvalue weighted by molar-refractivity contribution is 5.82. The number of benzene rings is 1. The van der Waals surface area contributed by atoms with Gasteiger partial charge in [0, 0.05) is 22.8 Å². The average Bonchev–Trinajstić information content (AvgIpc) is 2.63. The van der Waals surface area contributed by atoms with Crippen LogP contribution in [0.25, 0.3) is 10.9 Å². The van der Waals surface area contributed by atoms with Crippen LogP contribution in [0.5, 0.6) is 0 Å². The highest BCUT2D eigenvalue weighted by atomic mass is 16.5. The van der Waals surface area contributed by atoms with Crippen LogP contribution in [0.3, 0.4) is 0 Å². The molecular formula is C13H18N2O2. The fourth-order valence-corrected chi connectivity index (χ4v) is 1.22. The van der Waals surface area contributed by atoms with Gasteiger partial charge in [0.2, 0.25) is 0 Å². The molecule has 3 N–H and O–H groups in total. The Morgan fingerprint density at radius 1 is 1.29 bits per heavy atom. The molecule has 0 saturated carbocycles. The van der Waals surface area contributed by atoms with Gasteiger partial charge in [-0.05, 0) is 45.0 Å². The van der Waals surface area contributed by atoms with Crippen molar-refractivity contribution in [1.82, 2.24) is 4.98 Å². The molecule has 1 aromatic carbocycles. The number of nitrogens with two attached hydrogens (primary N) is 1. The number of H-pyrrole nitrogens is 1. The molecule has 0 aliphatic carbocycles. The predicted octanol–water partition coefficient (Wildman–Crippen LogP) is 2.71. The van der Waals surface area contributed by atoms with Crippen molar-refractivity contribution in [2.24, 2.45) is 0 Å². The van der Waals surface area contributed by atoms with Crippen LogP contribution in [-0.4, -0.2) is 17.1 Å². The van der Waals surface area contributed by atoms with Crippen LogP contribution in [0.15, 0.2) is 30.5 Å². The molecule has 0 unspecified atom stereocenters. The van der Waals surface area contributed by atoms with E-state index in [1.165, 1.54) is 5.39 Å². The van der Waals surface area contributed by atoms with E-state index in [0.717, 1.165) is 11.2 Å². The number of hydrogen-bond acceptors (Lipinski definition) is 3. The number of ether oxygens (including phenoxy) is 1. The third-order valence-electron chi connectivity index (χ3n) is 1.98. The number of rotatable bonds is 1. The smallest absolute Gasteiger partial charge is 0.293 e. The zero-order valence-electron chi connectivity index (χ0n) is 10.4. The molecule has 2 rings (SSSR count). The molecule has 1 heterocycles. The molecule has 0 radical (unpaired) electrons. The molecule has 0 fully saturated rings.